The Hall–Kier alpha value is -1.29. The second-order valence-electron chi connectivity index (χ2n) is 4.68. The first-order chi connectivity index (χ1) is 8.48. The SMILES string of the molecule is CCC(CC)(CC)NCc1cc(C(=O)O)c(C)o1. The van der Waals surface area contributed by atoms with Crippen LogP contribution in [0.3, 0.4) is 0 Å². The van der Waals surface area contributed by atoms with Gasteiger partial charge in [0, 0.05) is 5.54 Å². The molecule has 0 saturated heterocycles. The molecular weight excluding hydrogens is 230 g/mol. The fourth-order valence-electron chi connectivity index (χ4n) is 2.24. The van der Waals surface area contributed by atoms with Crippen molar-refractivity contribution in [1.82, 2.24) is 5.32 Å². The van der Waals surface area contributed by atoms with Crippen molar-refractivity contribution in [2.45, 2.75) is 59.0 Å². The maximum Gasteiger partial charge on any atom is 0.339 e. The van der Waals surface area contributed by atoms with Crippen molar-refractivity contribution < 1.29 is 14.3 Å². The Morgan fingerprint density at radius 3 is 2.28 bits per heavy atom. The van der Waals surface area contributed by atoms with Gasteiger partial charge in [0.1, 0.15) is 17.1 Å². The van der Waals surface area contributed by atoms with E-state index in [4.69, 9.17) is 9.52 Å². The summed E-state index contributed by atoms with van der Waals surface area (Å²) in [6, 6.07) is 1.61. The second-order valence-corrected chi connectivity index (χ2v) is 4.68. The van der Waals surface area contributed by atoms with E-state index in [2.05, 4.69) is 26.1 Å². The molecule has 0 amide bonds. The molecule has 0 aliphatic heterocycles. The van der Waals surface area contributed by atoms with E-state index in [-0.39, 0.29) is 11.1 Å². The molecule has 4 nitrogen and oxygen atoms in total. The molecule has 0 fully saturated rings. The molecule has 2 N–H and O–H groups in total. The molecule has 0 atom stereocenters. The van der Waals surface area contributed by atoms with Gasteiger partial charge in [-0.05, 0) is 32.3 Å². The van der Waals surface area contributed by atoms with Crippen LogP contribution in [0.1, 0.15) is 61.9 Å². The van der Waals surface area contributed by atoms with Gasteiger partial charge in [0.05, 0.1) is 6.54 Å². The molecule has 0 radical (unpaired) electrons. The highest BCUT2D eigenvalue weighted by Gasteiger charge is 2.23. The Bertz CT molecular complexity index is 397. The van der Waals surface area contributed by atoms with E-state index in [0.717, 1.165) is 19.3 Å². The van der Waals surface area contributed by atoms with Crippen LogP contribution in [0, 0.1) is 6.92 Å². The summed E-state index contributed by atoms with van der Waals surface area (Å²) < 4.78 is 5.46. The van der Waals surface area contributed by atoms with Crippen molar-refractivity contribution in [3.63, 3.8) is 0 Å². The quantitative estimate of drug-likeness (QED) is 0.782. The van der Waals surface area contributed by atoms with Crippen LogP contribution in [0.25, 0.3) is 0 Å². The minimum Gasteiger partial charge on any atom is -0.478 e. The largest absolute Gasteiger partial charge is 0.478 e. The molecule has 1 aromatic rings. The lowest BCUT2D eigenvalue weighted by Gasteiger charge is -2.31. The Labute approximate surface area is 108 Å². The lowest BCUT2D eigenvalue weighted by Crippen LogP contribution is -2.42. The number of furan rings is 1. The van der Waals surface area contributed by atoms with E-state index >= 15 is 0 Å². The number of rotatable bonds is 7. The maximum atomic E-state index is 10.9. The summed E-state index contributed by atoms with van der Waals surface area (Å²) in [4.78, 5) is 10.9. The fourth-order valence-corrected chi connectivity index (χ4v) is 2.24. The third-order valence-electron chi connectivity index (χ3n) is 3.87. The molecule has 0 unspecified atom stereocenters. The first-order valence-electron chi connectivity index (χ1n) is 6.55. The van der Waals surface area contributed by atoms with Gasteiger partial charge in [-0.3, -0.25) is 0 Å². The van der Waals surface area contributed by atoms with E-state index < -0.39 is 5.97 Å². The highest BCUT2D eigenvalue weighted by atomic mass is 16.4. The van der Waals surface area contributed by atoms with Gasteiger partial charge in [0.15, 0.2) is 0 Å². The molecular formula is C14H23NO3. The molecule has 1 rings (SSSR count). The summed E-state index contributed by atoms with van der Waals surface area (Å²) >= 11 is 0. The summed E-state index contributed by atoms with van der Waals surface area (Å²) in [5.41, 5.74) is 0.367. The Balaban J connectivity index is 2.74. The van der Waals surface area contributed by atoms with E-state index in [1.54, 1.807) is 13.0 Å². The molecule has 18 heavy (non-hydrogen) atoms. The third-order valence-corrected chi connectivity index (χ3v) is 3.87. The lowest BCUT2D eigenvalue weighted by atomic mass is 9.90. The van der Waals surface area contributed by atoms with Gasteiger partial charge in [-0.1, -0.05) is 20.8 Å². The number of carboxylic acids is 1. The van der Waals surface area contributed by atoms with Gasteiger partial charge in [0.25, 0.3) is 0 Å². The molecule has 1 aromatic heterocycles. The highest BCUT2D eigenvalue weighted by Crippen LogP contribution is 2.21. The highest BCUT2D eigenvalue weighted by molar-refractivity contribution is 5.88. The predicted octanol–water partition coefficient (Wildman–Crippen LogP) is 3.34. The zero-order valence-corrected chi connectivity index (χ0v) is 11.7. The van der Waals surface area contributed by atoms with Gasteiger partial charge >= 0.3 is 5.97 Å². The average Bonchev–Trinajstić information content (AvgIpc) is 2.73. The molecule has 0 spiro atoms. The molecule has 0 bridgehead atoms. The van der Waals surface area contributed by atoms with Crippen LogP contribution in [-0.2, 0) is 6.54 Å². The van der Waals surface area contributed by atoms with Crippen LogP contribution < -0.4 is 5.32 Å². The van der Waals surface area contributed by atoms with Crippen LogP contribution in [0.2, 0.25) is 0 Å². The summed E-state index contributed by atoms with van der Waals surface area (Å²) in [5, 5.41) is 12.5. The van der Waals surface area contributed by atoms with Crippen LogP contribution in [0.15, 0.2) is 10.5 Å². The van der Waals surface area contributed by atoms with Crippen LogP contribution >= 0.6 is 0 Å². The third kappa shape index (κ3) is 3.13. The van der Waals surface area contributed by atoms with E-state index in [9.17, 15) is 4.79 Å². The number of carboxylic acid groups (broad SMARTS) is 1. The molecule has 1 heterocycles. The molecule has 0 aromatic carbocycles. The topological polar surface area (TPSA) is 62.5 Å². The smallest absolute Gasteiger partial charge is 0.339 e. The maximum absolute atomic E-state index is 10.9. The van der Waals surface area contributed by atoms with Crippen molar-refractivity contribution in [2.75, 3.05) is 0 Å². The first kappa shape index (κ1) is 14.8. The standard InChI is InChI=1S/C14H23NO3/c1-5-14(6-2,7-3)15-9-11-8-12(13(16)17)10(4)18-11/h8,15H,5-7,9H2,1-4H3,(H,16,17). The van der Waals surface area contributed by atoms with Crippen molar-refractivity contribution >= 4 is 5.97 Å². The van der Waals surface area contributed by atoms with Crippen LogP contribution in [-0.4, -0.2) is 16.6 Å². The molecule has 4 heteroatoms. The number of hydrogen-bond donors (Lipinski definition) is 2. The second kappa shape index (κ2) is 6.05. The van der Waals surface area contributed by atoms with Gasteiger partial charge in [-0.15, -0.1) is 0 Å². The van der Waals surface area contributed by atoms with E-state index in [1.165, 1.54) is 0 Å². The predicted molar refractivity (Wildman–Crippen MR) is 70.8 cm³/mol. The Kier molecular flexibility index (Phi) is 4.96. The zero-order chi connectivity index (χ0) is 13.8. The van der Waals surface area contributed by atoms with Gasteiger partial charge in [-0.2, -0.15) is 0 Å². The monoisotopic (exact) mass is 253 g/mol. The molecule has 102 valence electrons. The summed E-state index contributed by atoms with van der Waals surface area (Å²) in [7, 11) is 0. The molecule has 0 aliphatic carbocycles. The zero-order valence-electron chi connectivity index (χ0n) is 11.7. The summed E-state index contributed by atoms with van der Waals surface area (Å²) in [5.74, 6) is 0.217. The number of nitrogens with one attached hydrogen (secondary N) is 1. The number of aromatic carboxylic acids is 1. The minimum atomic E-state index is -0.935. The van der Waals surface area contributed by atoms with E-state index in [0.29, 0.717) is 18.1 Å². The Morgan fingerprint density at radius 1 is 1.33 bits per heavy atom. The van der Waals surface area contributed by atoms with Crippen molar-refractivity contribution in [3.8, 4) is 0 Å². The minimum absolute atomic E-state index is 0.115. The van der Waals surface area contributed by atoms with Crippen molar-refractivity contribution in [3.05, 3.63) is 23.2 Å². The molecule has 0 aliphatic rings. The number of aryl methyl sites for hydroxylation is 1. The fraction of sp³-hybridized carbons (Fsp3) is 0.643. The van der Waals surface area contributed by atoms with Gasteiger partial charge < -0.3 is 14.8 Å². The van der Waals surface area contributed by atoms with Crippen LogP contribution in [0.4, 0.5) is 0 Å². The average molecular weight is 253 g/mol. The number of carbonyl (C=O) groups is 1. The lowest BCUT2D eigenvalue weighted by molar-refractivity contribution is 0.0695. The van der Waals surface area contributed by atoms with Crippen molar-refractivity contribution in [1.29, 1.82) is 0 Å². The Morgan fingerprint density at radius 2 is 1.89 bits per heavy atom. The normalized spacial score (nSPS) is 11.8. The molecule has 0 saturated carbocycles. The van der Waals surface area contributed by atoms with Gasteiger partial charge in [-0.25, -0.2) is 4.79 Å². The van der Waals surface area contributed by atoms with E-state index in [1.807, 2.05) is 0 Å². The summed E-state index contributed by atoms with van der Waals surface area (Å²) in [6.45, 7) is 8.74. The van der Waals surface area contributed by atoms with Crippen molar-refractivity contribution in [2.24, 2.45) is 0 Å². The summed E-state index contributed by atoms with van der Waals surface area (Å²) in [6.07, 6.45) is 3.14. The van der Waals surface area contributed by atoms with Gasteiger partial charge in [0.2, 0.25) is 0 Å². The first-order valence-corrected chi connectivity index (χ1v) is 6.55. The van der Waals surface area contributed by atoms with Crippen LogP contribution in [0.5, 0.6) is 0 Å². The number of hydrogen-bond acceptors (Lipinski definition) is 3.